The molecule has 188 valence electrons. The Labute approximate surface area is 207 Å². The van der Waals surface area contributed by atoms with E-state index in [2.05, 4.69) is 19.9 Å². The number of aromatic nitrogens is 3. The average molecular weight is 494 g/mol. The number of amides is 1. The number of benzene rings is 2. The van der Waals surface area contributed by atoms with Crippen LogP contribution in [0.5, 0.6) is 23.1 Å². The van der Waals surface area contributed by atoms with Crippen LogP contribution in [0.1, 0.15) is 13.3 Å². The zero-order valence-corrected chi connectivity index (χ0v) is 20.3. The van der Waals surface area contributed by atoms with E-state index in [4.69, 9.17) is 14.2 Å². The molecular weight excluding hydrogens is 465 g/mol. The zero-order valence-electron chi connectivity index (χ0n) is 20.3. The summed E-state index contributed by atoms with van der Waals surface area (Å²) >= 11 is 0. The van der Waals surface area contributed by atoms with Crippen molar-refractivity contribution >= 4 is 27.7 Å². The molecule has 2 aromatic heterocycles. The molecule has 2 aromatic carbocycles. The van der Waals surface area contributed by atoms with E-state index in [0.717, 1.165) is 39.1 Å². The van der Waals surface area contributed by atoms with E-state index in [9.17, 15) is 9.18 Å². The predicted octanol–water partition coefficient (Wildman–Crippen LogP) is 3.98. The SMILES string of the molecule is COc1cc2c(Oc3ccc4[nH]ccc4c3F)ncnc2cc1OCCCN1CCN(C(C)=O)CC1. The number of hydrogen-bond acceptors (Lipinski definition) is 7. The maximum Gasteiger partial charge on any atom is 0.230 e. The highest BCUT2D eigenvalue weighted by molar-refractivity contribution is 5.87. The van der Waals surface area contributed by atoms with Crippen LogP contribution in [-0.2, 0) is 4.79 Å². The van der Waals surface area contributed by atoms with E-state index in [-0.39, 0.29) is 17.5 Å². The molecule has 1 amide bonds. The molecular formula is C26H28FN5O4. The van der Waals surface area contributed by atoms with Gasteiger partial charge in [0.05, 0.1) is 24.6 Å². The van der Waals surface area contributed by atoms with Gasteiger partial charge in [0.15, 0.2) is 23.1 Å². The molecule has 0 saturated carbocycles. The van der Waals surface area contributed by atoms with Gasteiger partial charge in [-0.3, -0.25) is 9.69 Å². The third kappa shape index (κ3) is 4.90. The molecule has 9 nitrogen and oxygen atoms in total. The van der Waals surface area contributed by atoms with Crippen LogP contribution in [0.25, 0.3) is 21.8 Å². The molecule has 0 spiro atoms. The van der Waals surface area contributed by atoms with Gasteiger partial charge < -0.3 is 24.1 Å². The molecule has 3 heterocycles. The molecule has 0 radical (unpaired) electrons. The maximum absolute atomic E-state index is 14.9. The van der Waals surface area contributed by atoms with Crippen LogP contribution in [0, 0.1) is 5.82 Å². The summed E-state index contributed by atoms with van der Waals surface area (Å²) in [7, 11) is 1.56. The summed E-state index contributed by atoms with van der Waals surface area (Å²) in [6.07, 6.45) is 3.89. The maximum atomic E-state index is 14.9. The highest BCUT2D eigenvalue weighted by Crippen LogP contribution is 2.37. The number of nitrogens with one attached hydrogen (secondary N) is 1. The number of rotatable bonds is 8. The smallest absolute Gasteiger partial charge is 0.230 e. The first kappa shape index (κ1) is 23.8. The number of carbonyl (C=O) groups is 1. The van der Waals surface area contributed by atoms with E-state index in [1.807, 2.05) is 4.90 Å². The first-order valence-corrected chi connectivity index (χ1v) is 11.9. The summed E-state index contributed by atoms with van der Waals surface area (Å²) in [4.78, 5) is 27.2. The van der Waals surface area contributed by atoms with E-state index >= 15 is 0 Å². The van der Waals surface area contributed by atoms with Crippen molar-refractivity contribution in [2.75, 3.05) is 46.4 Å². The lowest BCUT2D eigenvalue weighted by Crippen LogP contribution is -2.48. The van der Waals surface area contributed by atoms with Gasteiger partial charge in [-0.05, 0) is 30.7 Å². The summed E-state index contributed by atoms with van der Waals surface area (Å²) in [5, 5.41) is 1.03. The molecule has 5 rings (SSSR count). The van der Waals surface area contributed by atoms with Crippen molar-refractivity contribution in [1.82, 2.24) is 24.8 Å². The van der Waals surface area contributed by atoms with Crippen molar-refractivity contribution in [2.24, 2.45) is 0 Å². The molecule has 1 N–H and O–H groups in total. The Balaban J connectivity index is 1.27. The number of ether oxygens (including phenoxy) is 3. The molecule has 1 aliphatic rings. The molecule has 0 atom stereocenters. The normalized spacial score (nSPS) is 14.4. The van der Waals surface area contributed by atoms with Crippen molar-refractivity contribution in [2.45, 2.75) is 13.3 Å². The van der Waals surface area contributed by atoms with Gasteiger partial charge in [-0.2, -0.15) is 0 Å². The van der Waals surface area contributed by atoms with Crippen molar-refractivity contribution in [3.8, 4) is 23.1 Å². The minimum absolute atomic E-state index is 0.0746. The van der Waals surface area contributed by atoms with Gasteiger partial charge in [0.25, 0.3) is 0 Å². The Morgan fingerprint density at radius 2 is 1.89 bits per heavy atom. The van der Waals surface area contributed by atoms with Crippen molar-refractivity contribution in [1.29, 1.82) is 0 Å². The van der Waals surface area contributed by atoms with Gasteiger partial charge in [-0.15, -0.1) is 0 Å². The standard InChI is InChI=1S/C26H28FN5O4/c1-17(33)32-11-9-31(10-12-32)8-3-13-35-24-15-21-19(14-23(24)34-2)26(30-16-29-21)36-22-5-4-20-18(25(22)27)6-7-28-20/h4-7,14-16,28H,3,8-13H2,1-2H3. The van der Waals surface area contributed by atoms with Crippen LogP contribution in [0.4, 0.5) is 4.39 Å². The van der Waals surface area contributed by atoms with Crippen LogP contribution in [0.15, 0.2) is 42.9 Å². The Morgan fingerprint density at radius 1 is 1.06 bits per heavy atom. The molecule has 0 aliphatic carbocycles. The van der Waals surface area contributed by atoms with E-state index < -0.39 is 5.82 Å². The lowest BCUT2D eigenvalue weighted by molar-refractivity contribution is -0.130. The lowest BCUT2D eigenvalue weighted by atomic mass is 10.2. The molecule has 0 bridgehead atoms. The molecule has 4 aromatic rings. The largest absolute Gasteiger partial charge is 0.493 e. The van der Waals surface area contributed by atoms with Gasteiger partial charge in [0.2, 0.25) is 11.8 Å². The third-order valence-electron chi connectivity index (χ3n) is 6.42. The minimum Gasteiger partial charge on any atom is -0.493 e. The fraction of sp³-hybridized carbons (Fsp3) is 0.346. The van der Waals surface area contributed by atoms with Gasteiger partial charge >= 0.3 is 0 Å². The van der Waals surface area contributed by atoms with Gasteiger partial charge in [-0.1, -0.05) is 0 Å². The number of aromatic amines is 1. The van der Waals surface area contributed by atoms with Crippen LogP contribution in [-0.4, -0.2) is 77.1 Å². The molecule has 1 fully saturated rings. The van der Waals surface area contributed by atoms with Crippen LogP contribution in [0.3, 0.4) is 0 Å². The topological polar surface area (TPSA) is 92.8 Å². The first-order chi connectivity index (χ1) is 17.5. The van der Waals surface area contributed by atoms with E-state index in [0.29, 0.717) is 39.9 Å². The zero-order chi connectivity index (χ0) is 25.1. The van der Waals surface area contributed by atoms with Crippen LogP contribution < -0.4 is 14.2 Å². The van der Waals surface area contributed by atoms with Crippen molar-refractivity contribution < 1.29 is 23.4 Å². The second-order valence-electron chi connectivity index (χ2n) is 8.67. The quantitative estimate of drug-likeness (QED) is 0.371. The Bertz CT molecular complexity index is 1380. The predicted molar refractivity (Wildman–Crippen MR) is 133 cm³/mol. The minimum atomic E-state index is -0.463. The Kier molecular flexibility index (Phi) is 6.86. The van der Waals surface area contributed by atoms with Crippen LogP contribution in [0.2, 0.25) is 0 Å². The molecule has 0 unspecified atom stereocenters. The highest BCUT2D eigenvalue weighted by atomic mass is 19.1. The molecule has 1 aliphatic heterocycles. The summed E-state index contributed by atoms with van der Waals surface area (Å²) in [6.45, 7) is 6.28. The number of fused-ring (bicyclic) bond motifs is 2. The average Bonchev–Trinajstić information content (AvgIpc) is 3.38. The summed E-state index contributed by atoms with van der Waals surface area (Å²) in [6, 6.07) is 8.51. The summed E-state index contributed by atoms with van der Waals surface area (Å²) in [5.74, 6) is 1.05. The number of methoxy groups -OCH3 is 1. The second-order valence-corrected chi connectivity index (χ2v) is 8.67. The van der Waals surface area contributed by atoms with Gasteiger partial charge in [0.1, 0.15) is 6.33 Å². The summed E-state index contributed by atoms with van der Waals surface area (Å²) < 4.78 is 32.3. The summed E-state index contributed by atoms with van der Waals surface area (Å²) in [5.41, 5.74) is 1.29. The Morgan fingerprint density at radius 3 is 2.67 bits per heavy atom. The van der Waals surface area contributed by atoms with Gasteiger partial charge in [0, 0.05) is 62.8 Å². The highest BCUT2D eigenvalue weighted by Gasteiger charge is 2.19. The fourth-order valence-corrected chi connectivity index (χ4v) is 4.41. The number of H-pyrrole nitrogens is 1. The number of carbonyl (C=O) groups excluding carboxylic acids is 1. The second kappa shape index (κ2) is 10.4. The molecule has 10 heteroatoms. The number of piperazine rings is 1. The van der Waals surface area contributed by atoms with Crippen molar-refractivity contribution in [3.05, 3.63) is 48.7 Å². The van der Waals surface area contributed by atoms with Crippen LogP contribution >= 0.6 is 0 Å². The lowest BCUT2D eigenvalue weighted by Gasteiger charge is -2.34. The van der Waals surface area contributed by atoms with Gasteiger partial charge in [-0.25, -0.2) is 14.4 Å². The number of hydrogen-bond donors (Lipinski definition) is 1. The monoisotopic (exact) mass is 493 g/mol. The number of halogens is 1. The van der Waals surface area contributed by atoms with E-state index in [1.165, 1.54) is 6.33 Å². The molecule has 1 saturated heterocycles. The fourth-order valence-electron chi connectivity index (χ4n) is 4.41. The third-order valence-corrected chi connectivity index (χ3v) is 6.42. The Hall–Kier alpha value is -3.92. The number of nitrogens with zero attached hydrogens (tertiary/aromatic N) is 4. The van der Waals surface area contributed by atoms with E-state index in [1.54, 1.807) is 50.6 Å². The van der Waals surface area contributed by atoms with Crippen molar-refractivity contribution in [3.63, 3.8) is 0 Å². The first-order valence-electron chi connectivity index (χ1n) is 11.9. The molecule has 36 heavy (non-hydrogen) atoms.